The number of rotatable bonds is 6. The van der Waals surface area contributed by atoms with Crippen molar-refractivity contribution in [1.82, 2.24) is 9.62 Å². The van der Waals surface area contributed by atoms with E-state index in [1.165, 1.54) is 20.7 Å². The van der Waals surface area contributed by atoms with Crippen molar-refractivity contribution in [3.63, 3.8) is 0 Å². The van der Waals surface area contributed by atoms with Crippen molar-refractivity contribution in [1.29, 1.82) is 0 Å². The molecule has 4 saturated carbocycles. The molecule has 8 nitrogen and oxygen atoms in total. The molecule has 10 heteroatoms. The van der Waals surface area contributed by atoms with Crippen LogP contribution in [0.3, 0.4) is 0 Å². The van der Waals surface area contributed by atoms with E-state index in [1.54, 1.807) is 12.1 Å². The number of carbonyl (C=O) groups excluding carboxylic acids is 2. The third-order valence-corrected chi connectivity index (χ3v) is 10.6. The summed E-state index contributed by atoms with van der Waals surface area (Å²) >= 11 is 0. The number of hydrogen-bond donors (Lipinski definition) is 4. The number of benzene rings is 1. The number of nitrogens with one attached hydrogen (secondary N) is 1. The molecule has 188 valence electrons. The number of nitrogens with two attached hydrogens (primary N) is 1. The van der Waals surface area contributed by atoms with Gasteiger partial charge in [-0.05, 0) is 85.8 Å². The van der Waals surface area contributed by atoms with E-state index in [2.05, 4.69) is 5.32 Å². The Morgan fingerprint density at radius 1 is 1.21 bits per heavy atom. The summed E-state index contributed by atoms with van der Waals surface area (Å²) in [5.74, 6) is -0.0435. The maximum atomic E-state index is 14.5. The Labute approximate surface area is 201 Å². The second-order valence-electron chi connectivity index (χ2n) is 10.6. The first-order chi connectivity index (χ1) is 16.2. The monoisotopic (exact) mass is 494 g/mol. The van der Waals surface area contributed by atoms with Crippen LogP contribution in [-0.2, 0) is 9.59 Å². The number of nitrogens with zero attached hydrogens (tertiary/aromatic N) is 2. The normalized spacial score (nSPS) is 36.2. The average Bonchev–Trinajstić information content (AvgIpc) is 2.78. The van der Waals surface area contributed by atoms with Crippen molar-refractivity contribution >= 4 is 28.5 Å². The van der Waals surface area contributed by atoms with Crippen LogP contribution in [0.25, 0.3) is 0 Å². The first kappa shape index (κ1) is 23.8. The molecule has 5 N–H and O–H groups in total. The summed E-state index contributed by atoms with van der Waals surface area (Å²) in [6.45, 7) is 2.48. The van der Waals surface area contributed by atoms with Crippen LogP contribution in [0.15, 0.2) is 24.3 Å². The molecule has 6 rings (SSSR count). The van der Waals surface area contributed by atoms with Gasteiger partial charge in [-0.25, -0.2) is 4.39 Å². The molecule has 1 heterocycles. The van der Waals surface area contributed by atoms with Gasteiger partial charge in [0.25, 0.3) is 0 Å². The summed E-state index contributed by atoms with van der Waals surface area (Å²) in [5.41, 5.74) is 5.49. The molecule has 0 radical (unpaired) electrons. The van der Waals surface area contributed by atoms with E-state index in [-0.39, 0.29) is 35.4 Å². The highest BCUT2D eigenvalue weighted by atomic mass is 32.3. The molecular weight excluding hydrogens is 459 g/mol. The van der Waals surface area contributed by atoms with Gasteiger partial charge in [-0.3, -0.25) is 23.0 Å². The van der Waals surface area contributed by atoms with Crippen LogP contribution in [0.5, 0.6) is 0 Å². The molecule has 5 aliphatic rings. The highest BCUT2D eigenvalue weighted by molar-refractivity contribution is 8.23. The Bertz CT molecular complexity index is 962. The lowest BCUT2D eigenvalue weighted by molar-refractivity contribution is -0.148. The molecular formula is C24H35FN4O4S. The van der Waals surface area contributed by atoms with Crippen LogP contribution >= 0.6 is 11.0 Å². The molecule has 1 aromatic rings. The number of primary amides is 1. The maximum absolute atomic E-state index is 14.5. The van der Waals surface area contributed by atoms with Crippen molar-refractivity contribution in [3.8, 4) is 0 Å². The zero-order valence-electron chi connectivity index (χ0n) is 19.5. The molecule has 34 heavy (non-hydrogen) atoms. The standard InChI is InChI=1S/C24H35FN4O4S/c1-2-19(28-8-5-9-29(34(28,32)33)20-7-4-3-6-18(20)25)22(30)27-21-16-10-15-11-17(21)14-24(12-15,13-16)23(26)31/h3-4,6-7,15-17,19,21,32-33H,2,5,8-14H2,1H3,(H2,26,31)(H,27,30). The Kier molecular flexibility index (Phi) is 6.07. The first-order valence-electron chi connectivity index (χ1n) is 12.3. The van der Waals surface area contributed by atoms with E-state index in [4.69, 9.17) is 5.73 Å². The fourth-order valence-corrected chi connectivity index (χ4v) is 9.32. The molecule has 1 saturated heterocycles. The van der Waals surface area contributed by atoms with Crippen LogP contribution in [0.1, 0.15) is 51.9 Å². The predicted molar refractivity (Wildman–Crippen MR) is 129 cm³/mol. The smallest absolute Gasteiger partial charge is 0.239 e. The van der Waals surface area contributed by atoms with E-state index >= 15 is 0 Å². The number of anilines is 1. The molecule has 1 aromatic carbocycles. The summed E-state index contributed by atoms with van der Waals surface area (Å²) in [7, 11) is -3.57. The van der Waals surface area contributed by atoms with Gasteiger partial charge in [-0.1, -0.05) is 19.1 Å². The molecule has 0 spiro atoms. The zero-order valence-corrected chi connectivity index (χ0v) is 20.3. The molecule has 4 bridgehead atoms. The number of carbonyl (C=O) groups is 2. The molecule has 3 unspecified atom stereocenters. The van der Waals surface area contributed by atoms with Gasteiger partial charge < -0.3 is 11.1 Å². The van der Waals surface area contributed by atoms with Gasteiger partial charge >= 0.3 is 0 Å². The summed E-state index contributed by atoms with van der Waals surface area (Å²) in [4.78, 5) is 25.8. The third-order valence-electron chi connectivity index (χ3n) is 8.61. The zero-order chi connectivity index (χ0) is 24.3. The topological polar surface area (TPSA) is 119 Å². The maximum Gasteiger partial charge on any atom is 0.239 e. The minimum Gasteiger partial charge on any atom is -0.369 e. The Morgan fingerprint density at radius 2 is 1.88 bits per heavy atom. The molecule has 3 atom stereocenters. The van der Waals surface area contributed by atoms with Crippen molar-refractivity contribution in [2.24, 2.45) is 28.9 Å². The van der Waals surface area contributed by atoms with Crippen LogP contribution in [0, 0.1) is 29.0 Å². The van der Waals surface area contributed by atoms with Crippen LogP contribution in [0.2, 0.25) is 0 Å². The Morgan fingerprint density at radius 3 is 2.50 bits per heavy atom. The Hall–Kier alpha value is -1.88. The SMILES string of the molecule is CCC(C(=O)NC1C2CC3CC1CC(C(N)=O)(C3)C2)N1CCCN(c2ccccc2F)S1(O)O. The number of hydrogen-bond acceptors (Lipinski definition) is 6. The fourth-order valence-electron chi connectivity index (χ4n) is 7.32. The van der Waals surface area contributed by atoms with Gasteiger partial charge in [0.05, 0.1) is 5.69 Å². The highest BCUT2D eigenvalue weighted by Crippen LogP contribution is 2.60. The summed E-state index contributed by atoms with van der Waals surface area (Å²) in [5, 5.41) is 3.24. The van der Waals surface area contributed by atoms with Crippen LogP contribution in [0.4, 0.5) is 10.1 Å². The fraction of sp³-hybridized carbons (Fsp3) is 0.667. The van der Waals surface area contributed by atoms with Crippen LogP contribution < -0.4 is 15.4 Å². The highest BCUT2D eigenvalue weighted by Gasteiger charge is 2.58. The molecule has 5 fully saturated rings. The summed E-state index contributed by atoms with van der Waals surface area (Å²) < 4.78 is 39.6. The lowest BCUT2D eigenvalue weighted by Gasteiger charge is -2.59. The molecule has 1 aliphatic heterocycles. The predicted octanol–water partition coefficient (Wildman–Crippen LogP) is 3.49. The first-order valence-corrected chi connectivity index (χ1v) is 13.8. The van der Waals surface area contributed by atoms with E-state index in [1.807, 2.05) is 6.92 Å². The molecule has 2 amide bonds. The number of amides is 2. The van der Waals surface area contributed by atoms with Gasteiger partial charge in [0.15, 0.2) is 0 Å². The van der Waals surface area contributed by atoms with Gasteiger partial charge in [-0.2, -0.15) is 4.31 Å². The number of para-hydroxylation sites is 1. The van der Waals surface area contributed by atoms with Gasteiger partial charge in [-0.15, -0.1) is 0 Å². The van der Waals surface area contributed by atoms with Crippen molar-refractivity contribution in [3.05, 3.63) is 30.1 Å². The van der Waals surface area contributed by atoms with Gasteiger partial charge in [0.2, 0.25) is 11.8 Å². The minimum absolute atomic E-state index is 0.0279. The Balaban J connectivity index is 1.34. The van der Waals surface area contributed by atoms with E-state index in [0.717, 1.165) is 32.1 Å². The summed E-state index contributed by atoms with van der Waals surface area (Å²) in [6.07, 6.45) is 5.26. The van der Waals surface area contributed by atoms with Gasteiger partial charge in [0.1, 0.15) is 11.9 Å². The molecule has 4 aliphatic carbocycles. The second kappa shape index (κ2) is 8.65. The van der Waals surface area contributed by atoms with Crippen LogP contribution in [-0.4, -0.2) is 50.4 Å². The lowest BCUT2D eigenvalue weighted by Crippen LogP contribution is -2.64. The largest absolute Gasteiger partial charge is 0.369 e. The van der Waals surface area contributed by atoms with Gasteiger partial charge in [0, 0.05) is 24.5 Å². The van der Waals surface area contributed by atoms with E-state index in [9.17, 15) is 23.1 Å². The van der Waals surface area contributed by atoms with Crippen molar-refractivity contribution in [2.75, 3.05) is 17.4 Å². The third kappa shape index (κ3) is 3.79. The van der Waals surface area contributed by atoms with Crippen molar-refractivity contribution < 1.29 is 23.1 Å². The summed E-state index contributed by atoms with van der Waals surface area (Å²) in [6, 6.07) is 5.25. The second-order valence-corrected chi connectivity index (χ2v) is 12.5. The van der Waals surface area contributed by atoms with Crippen molar-refractivity contribution in [2.45, 2.75) is 64.0 Å². The molecule has 0 aromatic heterocycles. The minimum atomic E-state index is -3.57. The van der Waals surface area contributed by atoms with E-state index in [0.29, 0.717) is 31.8 Å². The number of halogens is 1. The lowest BCUT2D eigenvalue weighted by atomic mass is 9.47. The quantitative estimate of drug-likeness (QED) is 0.481. The van der Waals surface area contributed by atoms with E-state index < -0.39 is 28.2 Å². The average molecular weight is 495 g/mol.